The summed E-state index contributed by atoms with van der Waals surface area (Å²) in [6.07, 6.45) is 4.73. The first-order chi connectivity index (χ1) is 15.8. The number of nitrogen functional groups attached to an aromatic ring is 1. The van der Waals surface area contributed by atoms with Crippen molar-refractivity contribution in [3.8, 4) is 11.8 Å². The van der Waals surface area contributed by atoms with E-state index >= 15 is 0 Å². The predicted octanol–water partition coefficient (Wildman–Crippen LogP) is 4.54. The van der Waals surface area contributed by atoms with E-state index < -0.39 is 0 Å². The van der Waals surface area contributed by atoms with E-state index in [0.717, 1.165) is 0 Å². The highest BCUT2D eigenvalue weighted by Gasteiger charge is 2.15. The lowest BCUT2D eigenvalue weighted by Crippen LogP contribution is -2.13. The standard InChI is InChI=1S/C24H25ClN6O2/c1-4-33-22-12-20-17(11-21(22)30-23(32)6-5-9-31(2)3)24(15(13-26)14-28-20)29-16-7-8-19(27)18(25)10-16/h5-8,10-12,14H,4,9,27H2,1-3H3,(H,28,29)(H,30,32)/b6-5+. The smallest absolute Gasteiger partial charge is 0.248 e. The summed E-state index contributed by atoms with van der Waals surface area (Å²) in [6.45, 7) is 2.91. The van der Waals surface area contributed by atoms with Crippen molar-refractivity contribution in [3.05, 3.63) is 59.3 Å². The van der Waals surface area contributed by atoms with Gasteiger partial charge in [-0.05, 0) is 45.3 Å². The molecule has 3 aromatic rings. The van der Waals surface area contributed by atoms with Crippen molar-refractivity contribution in [2.24, 2.45) is 0 Å². The molecular formula is C24H25ClN6O2. The molecule has 0 aliphatic carbocycles. The fraction of sp³-hybridized carbons (Fsp3) is 0.208. The molecule has 0 fully saturated rings. The molecule has 0 saturated carbocycles. The van der Waals surface area contributed by atoms with Crippen LogP contribution in [-0.4, -0.2) is 43.0 Å². The van der Waals surface area contributed by atoms with Crippen LogP contribution in [0.2, 0.25) is 5.02 Å². The molecule has 8 nitrogen and oxygen atoms in total. The minimum atomic E-state index is -0.290. The number of nitrogens with one attached hydrogen (secondary N) is 2. The van der Waals surface area contributed by atoms with Crippen molar-refractivity contribution in [2.75, 3.05) is 43.6 Å². The molecule has 170 valence electrons. The van der Waals surface area contributed by atoms with Crippen LogP contribution in [0, 0.1) is 11.3 Å². The van der Waals surface area contributed by atoms with E-state index in [2.05, 4.69) is 21.7 Å². The molecule has 0 saturated heterocycles. The Labute approximate surface area is 197 Å². The van der Waals surface area contributed by atoms with Crippen molar-refractivity contribution in [2.45, 2.75) is 6.92 Å². The second-order valence-corrected chi connectivity index (χ2v) is 7.88. The van der Waals surface area contributed by atoms with Crippen LogP contribution >= 0.6 is 11.6 Å². The molecule has 9 heteroatoms. The van der Waals surface area contributed by atoms with Crippen molar-refractivity contribution in [3.63, 3.8) is 0 Å². The van der Waals surface area contributed by atoms with Crippen LogP contribution in [0.4, 0.5) is 22.7 Å². The van der Waals surface area contributed by atoms with Gasteiger partial charge in [-0.15, -0.1) is 0 Å². The zero-order valence-corrected chi connectivity index (χ0v) is 19.4. The highest BCUT2D eigenvalue weighted by Crippen LogP contribution is 2.36. The molecule has 3 rings (SSSR count). The first-order valence-electron chi connectivity index (χ1n) is 10.3. The van der Waals surface area contributed by atoms with E-state index in [-0.39, 0.29) is 5.91 Å². The fourth-order valence-electron chi connectivity index (χ4n) is 3.11. The molecule has 1 amide bonds. The Morgan fingerprint density at radius 1 is 1.33 bits per heavy atom. The van der Waals surface area contributed by atoms with Gasteiger partial charge in [0.15, 0.2) is 0 Å². The summed E-state index contributed by atoms with van der Waals surface area (Å²) in [5, 5.41) is 16.8. The summed E-state index contributed by atoms with van der Waals surface area (Å²) in [7, 11) is 3.84. The van der Waals surface area contributed by atoms with Gasteiger partial charge in [-0.2, -0.15) is 5.26 Å². The van der Waals surface area contributed by atoms with Crippen molar-refractivity contribution in [1.82, 2.24) is 9.88 Å². The van der Waals surface area contributed by atoms with Gasteiger partial charge in [0.05, 0.1) is 39.8 Å². The van der Waals surface area contributed by atoms with E-state index in [4.69, 9.17) is 22.1 Å². The van der Waals surface area contributed by atoms with E-state index in [1.807, 2.05) is 25.9 Å². The van der Waals surface area contributed by atoms with Crippen LogP contribution in [0.5, 0.6) is 5.75 Å². The monoisotopic (exact) mass is 464 g/mol. The third kappa shape index (κ3) is 5.92. The Bertz CT molecular complexity index is 1250. The number of carbonyl (C=O) groups is 1. The van der Waals surface area contributed by atoms with Gasteiger partial charge in [-0.3, -0.25) is 9.78 Å². The normalized spacial score (nSPS) is 11.0. The average molecular weight is 465 g/mol. The lowest BCUT2D eigenvalue weighted by atomic mass is 10.1. The van der Waals surface area contributed by atoms with Crippen LogP contribution in [0.15, 0.2) is 48.7 Å². The fourth-order valence-corrected chi connectivity index (χ4v) is 3.29. The molecule has 0 atom stereocenters. The van der Waals surface area contributed by atoms with E-state index in [1.165, 1.54) is 12.3 Å². The number of benzene rings is 2. The first-order valence-corrected chi connectivity index (χ1v) is 10.6. The van der Waals surface area contributed by atoms with Gasteiger partial charge in [0.25, 0.3) is 0 Å². The number of nitriles is 1. The average Bonchev–Trinajstić information content (AvgIpc) is 2.77. The summed E-state index contributed by atoms with van der Waals surface area (Å²) in [4.78, 5) is 18.8. The van der Waals surface area contributed by atoms with Gasteiger partial charge in [-0.1, -0.05) is 17.7 Å². The van der Waals surface area contributed by atoms with E-state index in [1.54, 1.807) is 36.4 Å². The maximum Gasteiger partial charge on any atom is 0.248 e. The number of carbonyl (C=O) groups excluding carboxylic acids is 1. The lowest BCUT2D eigenvalue weighted by Gasteiger charge is -2.16. The molecule has 2 aromatic carbocycles. The minimum Gasteiger partial charge on any atom is -0.492 e. The zero-order valence-electron chi connectivity index (χ0n) is 18.6. The van der Waals surface area contributed by atoms with Gasteiger partial charge in [0, 0.05) is 36.0 Å². The third-order valence-corrected chi connectivity index (χ3v) is 4.98. The largest absolute Gasteiger partial charge is 0.492 e. The third-order valence-electron chi connectivity index (χ3n) is 4.66. The second kappa shape index (κ2) is 10.7. The number of nitrogens with two attached hydrogens (primary N) is 1. The Kier molecular flexibility index (Phi) is 7.72. The molecule has 33 heavy (non-hydrogen) atoms. The number of likely N-dealkylation sites (N-methyl/N-ethyl adjacent to an activating group) is 1. The number of hydrogen-bond acceptors (Lipinski definition) is 7. The quantitative estimate of drug-likeness (QED) is 0.331. The summed E-state index contributed by atoms with van der Waals surface area (Å²) in [5.74, 6) is 0.194. The number of halogens is 1. The Morgan fingerprint density at radius 3 is 2.79 bits per heavy atom. The van der Waals surface area contributed by atoms with Gasteiger partial charge < -0.3 is 26.0 Å². The number of hydrogen-bond donors (Lipinski definition) is 3. The maximum atomic E-state index is 12.5. The summed E-state index contributed by atoms with van der Waals surface area (Å²) in [6, 6.07) is 10.8. The van der Waals surface area contributed by atoms with Crippen LogP contribution < -0.4 is 21.1 Å². The molecule has 0 radical (unpaired) electrons. The maximum absolute atomic E-state index is 12.5. The molecule has 0 aliphatic rings. The first kappa shape index (κ1) is 23.9. The van der Waals surface area contributed by atoms with Crippen molar-refractivity contribution >= 4 is 51.2 Å². The predicted molar refractivity (Wildman–Crippen MR) is 133 cm³/mol. The molecule has 1 aromatic heterocycles. The molecule has 1 heterocycles. The topological polar surface area (TPSA) is 116 Å². The summed E-state index contributed by atoms with van der Waals surface area (Å²) >= 11 is 6.16. The molecule has 4 N–H and O–H groups in total. The minimum absolute atomic E-state index is 0.290. The lowest BCUT2D eigenvalue weighted by molar-refractivity contribution is -0.111. The van der Waals surface area contributed by atoms with Crippen LogP contribution in [0.1, 0.15) is 12.5 Å². The van der Waals surface area contributed by atoms with Gasteiger partial charge >= 0.3 is 0 Å². The van der Waals surface area contributed by atoms with Gasteiger partial charge in [0.1, 0.15) is 11.8 Å². The van der Waals surface area contributed by atoms with E-state index in [0.29, 0.717) is 63.1 Å². The van der Waals surface area contributed by atoms with Crippen LogP contribution in [-0.2, 0) is 4.79 Å². The van der Waals surface area contributed by atoms with Crippen molar-refractivity contribution < 1.29 is 9.53 Å². The summed E-state index contributed by atoms with van der Waals surface area (Å²) in [5.41, 5.74) is 8.86. The number of rotatable bonds is 8. The number of pyridine rings is 1. The number of anilines is 4. The number of aromatic nitrogens is 1. The van der Waals surface area contributed by atoms with Crippen LogP contribution in [0.3, 0.4) is 0 Å². The van der Waals surface area contributed by atoms with Crippen LogP contribution in [0.25, 0.3) is 10.9 Å². The molecule has 0 spiro atoms. The number of nitrogens with zero attached hydrogens (tertiary/aromatic N) is 3. The zero-order chi connectivity index (χ0) is 24.0. The molecule has 0 bridgehead atoms. The summed E-state index contributed by atoms with van der Waals surface area (Å²) < 4.78 is 5.73. The Balaban J connectivity index is 2.07. The highest BCUT2D eigenvalue weighted by molar-refractivity contribution is 6.33. The number of ether oxygens (including phenoxy) is 1. The van der Waals surface area contributed by atoms with Crippen molar-refractivity contribution in [1.29, 1.82) is 5.26 Å². The molecule has 0 aliphatic heterocycles. The van der Waals surface area contributed by atoms with Gasteiger partial charge in [-0.25, -0.2) is 0 Å². The number of fused-ring (bicyclic) bond motifs is 1. The number of amides is 1. The molecule has 0 unspecified atom stereocenters. The van der Waals surface area contributed by atoms with E-state index in [9.17, 15) is 10.1 Å². The Morgan fingerprint density at radius 2 is 2.12 bits per heavy atom. The molecular weight excluding hydrogens is 440 g/mol. The highest BCUT2D eigenvalue weighted by atomic mass is 35.5. The van der Waals surface area contributed by atoms with Gasteiger partial charge in [0.2, 0.25) is 5.91 Å². The second-order valence-electron chi connectivity index (χ2n) is 7.47. The SMILES string of the molecule is CCOc1cc2ncc(C#N)c(Nc3ccc(N)c(Cl)c3)c2cc1NC(=O)/C=C/CN(C)C. The Hall–Kier alpha value is -3.80.